The van der Waals surface area contributed by atoms with Gasteiger partial charge in [0.15, 0.2) is 0 Å². The van der Waals surface area contributed by atoms with E-state index in [2.05, 4.69) is 10.1 Å². The number of hydrogen-bond acceptors (Lipinski definition) is 3. The van der Waals surface area contributed by atoms with Gasteiger partial charge in [-0.25, -0.2) is 0 Å². The lowest BCUT2D eigenvalue weighted by Gasteiger charge is -2.14. The van der Waals surface area contributed by atoms with Gasteiger partial charge in [0.25, 0.3) is 0 Å². The number of benzene rings is 2. The average molecular weight is 349 g/mol. The summed E-state index contributed by atoms with van der Waals surface area (Å²) in [5.41, 5.74) is 2.63. The van der Waals surface area contributed by atoms with Crippen molar-refractivity contribution in [1.29, 1.82) is 0 Å². The van der Waals surface area contributed by atoms with Crippen molar-refractivity contribution >= 4 is 5.91 Å². The number of aliphatic hydroxyl groups excluding tert-OH is 1. The van der Waals surface area contributed by atoms with Crippen LogP contribution in [0.5, 0.6) is 5.75 Å². The van der Waals surface area contributed by atoms with Gasteiger partial charge in [-0.1, -0.05) is 42.0 Å². The van der Waals surface area contributed by atoms with Gasteiger partial charge >= 0.3 is 6.61 Å². The van der Waals surface area contributed by atoms with Crippen LogP contribution in [0, 0.1) is 6.92 Å². The molecule has 1 amide bonds. The minimum Gasteiger partial charge on any atom is -0.435 e. The van der Waals surface area contributed by atoms with E-state index in [1.807, 2.05) is 31.2 Å². The van der Waals surface area contributed by atoms with Gasteiger partial charge < -0.3 is 15.2 Å². The molecule has 0 saturated carbocycles. The lowest BCUT2D eigenvalue weighted by Crippen LogP contribution is -2.28. The molecule has 0 aliphatic carbocycles. The normalized spacial score (nSPS) is 12.0. The maximum absolute atomic E-state index is 12.2. The molecule has 0 fully saturated rings. The van der Waals surface area contributed by atoms with Gasteiger partial charge in [-0.15, -0.1) is 0 Å². The van der Waals surface area contributed by atoms with Gasteiger partial charge in [0, 0.05) is 13.0 Å². The highest BCUT2D eigenvalue weighted by molar-refractivity contribution is 5.76. The van der Waals surface area contributed by atoms with E-state index in [1.54, 1.807) is 6.07 Å². The van der Waals surface area contributed by atoms with Crippen LogP contribution in [0.1, 0.15) is 29.2 Å². The molecule has 2 aromatic carbocycles. The Balaban J connectivity index is 1.79. The van der Waals surface area contributed by atoms with Gasteiger partial charge in [-0.2, -0.15) is 8.78 Å². The zero-order chi connectivity index (χ0) is 18.2. The highest BCUT2D eigenvalue weighted by Gasteiger charge is 2.12. The highest BCUT2D eigenvalue weighted by Crippen LogP contribution is 2.20. The Morgan fingerprint density at radius 2 is 1.92 bits per heavy atom. The van der Waals surface area contributed by atoms with Crippen LogP contribution in [-0.2, 0) is 11.2 Å². The molecule has 0 saturated heterocycles. The van der Waals surface area contributed by atoms with E-state index >= 15 is 0 Å². The molecule has 0 aliphatic heterocycles. The van der Waals surface area contributed by atoms with E-state index in [0.717, 1.165) is 11.1 Å². The van der Waals surface area contributed by atoms with Gasteiger partial charge in [-0.3, -0.25) is 4.79 Å². The molecule has 2 N–H and O–H groups in total. The maximum Gasteiger partial charge on any atom is 0.387 e. The number of hydrogen-bond donors (Lipinski definition) is 2. The van der Waals surface area contributed by atoms with E-state index < -0.39 is 12.7 Å². The van der Waals surface area contributed by atoms with E-state index in [1.165, 1.54) is 18.2 Å². The molecule has 0 radical (unpaired) electrons. The summed E-state index contributed by atoms with van der Waals surface area (Å²) in [7, 11) is 0. The van der Waals surface area contributed by atoms with Crippen LogP contribution in [0.4, 0.5) is 8.78 Å². The van der Waals surface area contributed by atoms with Gasteiger partial charge in [0.1, 0.15) is 5.75 Å². The van der Waals surface area contributed by atoms with Crippen LogP contribution >= 0.6 is 0 Å². The zero-order valence-corrected chi connectivity index (χ0v) is 13.9. The Morgan fingerprint density at radius 3 is 2.60 bits per heavy atom. The molecule has 0 spiro atoms. The monoisotopic (exact) mass is 349 g/mol. The van der Waals surface area contributed by atoms with Crippen molar-refractivity contribution in [2.24, 2.45) is 0 Å². The molecule has 1 atom stereocenters. The topological polar surface area (TPSA) is 58.6 Å². The van der Waals surface area contributed by atoms with E-state index in [0.29, 0.717) is 18.4 Å². The van der Waals surface area contributed by atoms with Crippen LogP contribution in [0.2, 0.25) is 0 Å². The maximum atomic E-state index is 12.2. The molecule has 6 heteroatoms. The number of alkyl halides is 2. The number of nitrogens with one attached hydrogen (secondary N) is 1. The zero-order valence-electron chi connectivity index (χ0n) is 13.9. The first-order chi connectivity index (χ1) is 11.9. The summed E-state index contributed by atoms with van der Waals surface area (Å²) in [6.45, 7) is -0.918. The van der Waals surface area contributed by atoms with Crippen molar-refractivity contribution in [1.82, 2.24) is 5.32 Å². The minimum atomic E-state index is -2.92. The summed E-state index contributed by atoms with van der Waals surface area (Å²) in [5, 5.41) is 12.7. The van der Waals surface area contributed by atoms with Crippen molar-refractivity contribution in [2.45, 2.75) is 32.5 Å². The predicted molar refractivity (Wildman–Crippen MR) is 90.5 cm³/mol. The molecule has 1 unspecified atom stereocenters. The Labute approximate surface area is 145 Å². The van der Waals surface area contributed by atoms with Crippen LogP contribution in [-0.4, -0.2) is 24.2 Å². The van der Waals surface area contributed by atoms with Crippen molar-refractivity contribution < 1.29 is 23.4 Å². The molecule has 25 heavy (non-hydrogen) atoms. The highest BCUT2D eigenvalue weighted by atomic mass is 19.3. The van der Waals surface area contributed by atoms with E-state index in [4.69, 9.17) is 0 Å². The van der Waals surface area contributed by atoms with Crippen molar-refractivity contribution in [3.8, 4) is 5.75 Å². The molecule has 2 rings (SSSR count). The third-order valence-corrected chi connectivity index (χ3v) is 3.72. The van der Waals surface area contributed by atoms with Crippen LogP contribution in [0.25, 0.3) is 0 Å². The summed E-state index contributed by atoms with van der Waals surface area (Å²) in [6.07, 6.45) is -0.0749. The minimum absolute atomic E-state index is 0.00482. The van der Waals surface area contributed by atoms with Crippen molar-refractivity contribution in [3.63, 3.8) is 0 Å². The summed E-state index contributed by atoms with van der Waals surface area (Å²) in [5.74, 6) is -0.211. The smallest absolute Gasteiger partial charge is 0.387 e. The summed E-state index contributed by atoms with van der Waals surface area (Å²) >= 11 is 0. The Hall–Kier alpha value is -2.47. The van der Waals surface area contributed by atoms with E-state index in [9.17, 15) is 18.7 Å². The number of aryl methyl sites for hydroxylation is 2. The molecule has 0 heterocycles. The fraction of sp³-hybridized carbons (Fsp3) is 0.316. The second-order valence-electron chi connectivity index (χ2n) is 5.76. The molecule has 2 aromatic rings. The fourth-order valence-corrected chi connectivity index (χ4v) is 2.33. The number of halogens is 2. The van der Waals surface area contributed by atoms with Crippen molar-refractivity contribution in [3.05, 3.63) is 65.2 Å². The van der Waals surface area contributed by atoms with Gasteiger partial charge in [0.2, 0.25) is 5.91 Å². The third kappa shape index (κ3) is 6.51. The molecule has 0 aliphatic rings. The number of amides is 1. The first-order valence-electron chi connectivity index (χ1n) is 7.99. The summed E-state index contributed by atoms with van der Waals surface area (Å²) in [6, 6.07) is 13.7. The van der Waals surface area contributed by atoms with Crippen LogP contribution in [0.15, 0.2) is 48.5 Å². The quantitative estimate of drug-likeness (QED) is 0.768. The second kappa shape index (κ2) is 9.13. The first-order valence-corrected chi connectivity index (χ1v) is 7.99. The number of carbonyl (C=O) groups excluding carboxylic acids is 1. The van der Waals surface area contributed by atoms with Crippen molar-refractivity contribution in [2.75, 3.05) is 6.54 Å². The summed E-state index contributed by atoms with van der Waals surface area (Å²) in [4.78, 5) is 11.9. The lowest BCUT2D eigenvalue weighted by molar-refractivity contribution is -0.121. The molecular weight excluding hydrogens is 328 g/mol. The standard InChI is InChI=1S/C19H21F2NO3/c1-13-5-7-14(8-6-13)9-10-18(24)22-12-17(23)15-3-2-4-16(11-15)25-19(20)21/h2-8,11,17,19,23H,9-10,12H2,1H3,(H,22,24). The molecule has 0 bridgehead atoms. The molecule has 134 valence electrons. The Bertz CT molecular complexity index is 689. The molecule has 0 aromatic heterocycles. The Morgan fingerprint density at radius 1 is 1.20 bits per heavy atom. The third-order valence-electron chi connectivity index (χ3n) is 3.72. The number of rotatable bonds is 8. The molecular formula is C19H21F2NO3. The van der Waals surface area contributed by atoms with Gasteiger partial charge in [-0.05, 0) is 36.6 Å². The number of carbonyl (C=O) groups is 1. The van der Waals surface area contributed by atoms with Crippen LogP contribution in [0.3, 0.4) is 0 Å². The average Bonchev–Trinajstić information content (AvgIpc) is 2.59. The Kier molecular flexibility index (Phi) is 6.89. The van der Waals surface area contributed by atoms with Gasteiger partial charge in [0.05, 0.1) is 6.10 Å². The predicted octanol–water partition coefficient (Wildman–Crippen LogP) is 3.38. The van der Waals surface area contributed by atoms with E-state index in [-0.39, 0.29) is 18.2 Å². The molecule has 4 nitrogen and oxygen atoms in total. The SMILES string of the molecule is Cc1ccc(CCC(=O)NCC(O)c2cccc(OC(F)F)c2)cc1. The number of ether oxygens (including phenoxy) is 1. The lowest BCUT2D eigenvalue weighted by atomic mass is 10.1. The fourth-order valence-electron chi connectivity index (χ4n) is 2.33. The first kappa shape index (κ1) is 18.9. The van der Waals surface area contributed by atoms with Crippen LogP contribution < -0.4 is 10.1 Å². The number of aliphatic hydroxyl groups is 1. The second-order valence-corrected chi connectivity index (χ2v) is 5.76. The summed E-state index contributed by atoms with van der Waals surface area (Å²) < 4.78 is 28.7. The largest absolute Gasteiger partial charge is 0.435 e.